The van der Waals surface area contributed by atoms with E-state index in [4.69, 9.17) is 17.3 Å². The van der Waals surface area contributed by atoms with Crippen LogP contribution in [-0.4, -0.2) is 11.5 Å². The van der Waals surface area contributed by atoms with E-state index in [0.717, 1.165) is 6.07 Å². The Kier molecular flexibility index (Phi) is 3.71. The first-order valence-electron chi connectivity index (χ1n) is 4.04. The molecule has 2 N–H and O–H groups in total. The molecule has 1 aromatic rings. The summed E-state index contributed by atoms with van der Waals surface area (Å²) in [5.41, 5.74) is 4.55. The van der Waals surface area contributed by atoms with Crippen LogP contribution in [0.1, 0.15) is 11.1 Å². The summed E-state index contributed by atoms with van der Waals surface area (Å²) in [4.78, 5) is 3.45. The van der Waals surface area contributed by atoms with Gasteiger partial charge in [-0.25, -0.2) is 4.98 Å². The predicted molar refractivity (Wildman–Crippen MR) is 52.3 cm³/mol. The molecule has 0 amide bonds. The predicted octanol–water partition coefficient (Wildman–Crippen LogP) is 2.73. The normalized spacial score (nSPS) is 12.3. The molecule has 0 aliphatic heterocycles. The van der Waals surface area contributed by atoms with Crippen molar-refractivity contribution < 1.29 is 13.2 Å². The van der Waals surface area contributed by atoms with Crippen LogP contribution in [0.15, 0.2) is 18.3 Å². The number of hydrogen-bond acceptors (Lipinski definition) is 2. The smallest absolute Gasteiger partial charge is 0.327 e. The summed E-state index contributed by atoms with van der Waals surface area (Å²) in [6.07, 6.45) is -0.807. The van der Waals surface area contributed by atoms with Gasteiger partial charge in [0.1, 0.15) is 5.15 Å². The van der Waals surface area contributed by atoms with Gasteiger partial charge in [0.05, 0.1) is 5.56 Å². The van der Waals surface area contributed by atoms with E-state index in [1.807, 2.05) is 0 Å². The van der Waals surface area contributed by atoms with Gasteiger partial charge in [0.15, 0.2) is 0 Å². The maximum absolute atomic E-state index is 12.3. The van der Waals surface area contributed by atoms with E-state index in [0.29, 0.717) is 6.20 Å². The van der Waals surface area contributed by atoms with Crippen molar-refractivity contribution >= 4 is 17.7 Å². The van der Waals surface area contributed by atoms with Crippen LogP contribution < -0.4 is 5.73 Å². The first kappa shape index (κ1) is 12.0. The Morgan fingerprint density at radius 2 is 2.13 bits per heavy atom. The molecule has 0 saturated heterocycles. The molecule has 1 aromatic heterocycles. The lowest BCUT2D eigenvalue weighted by molar-refractivity contribution is -0.137. The summed E-state index contributed by atoms with van der Waals surface area (Å²) >= 11 is 5.61. The Labute approximate surface area is 89.6 Å². The molecule has 6 heteroatoms. The zero-order chi connectivity index (χ0) is 11.5. The molecule has 0 unspecified atom stereocenters. The van der Waals surface area contributed by atoms with E-state index in [-0.39, 0.29) is 17.3 Å². The van der Waals surface area contributed by atoms with Crippen LogP contribution in [0.3, 0.4) is 0 Å². The fourth-order valence-electron chi connectivity index (χ4n) is 0.932. The van der Waals surface area contributed by atoms with E-state index >= 15 is 0 Å². The van der Waals surface area contributed by atoms with E-state index in [1.165, 1.54) is 12.2 Å². The van der Waals surface area contributed by atoms with Crippen LogP contribution in [0.2, 0.25) is 5.15 Å². The molecule has 0 fully saturated rings. The summed E-state index contributed by atoms with van der Waals surface area (Å²) in [5.74, 6) is 0. The first-order chi connectivity index (χ1) is 6.95. The second kappa shape index (κ2) is 4.63. The molecule has 0 aliphatic carbocycles. The number of hydrogen-bond donors (Lipinski definition) is 1. The number of nitrogens with two attached hydrogens (primary N) is 1. The largest absolute Gasteiger partial charge is 0.417 e. The van der Waals surface area contributed by atoms with Crippen LogP contribution in [0, 0.1) is 0 Å². The highest BCUT2D eigenvalue weighted by molar-refractivity contribution is 6.30. The van der Waals surface area contributed by atoms with Gasteiger partial charge < -0.3 is 5.73 Å². The van der Waals surface area contributed by atoms with Crippen LogP contribution >= 0.6 is 11.6 Å². The number of nitrogens with zero attached hydrogens (tertiary/aromatic N) is 1. The average molecular weight is 237 g/mol. The second-order valence-corrected chi connectivity index (χ2v) is 3.10. The topological polar surface area (TPSA) is 38.9 Å². The second-order valence-electron chi connectivity index (χ2n) is 2.74. The van der Waals surface area contributed by atoms with Crippen LogP contribution in [-0.2, 0) is 6.18 Å². The SMILES string of the molecule is NC/C=C/c1cc(C(F)(F)F)cnc1Cl. The quantitative estimate of drug-likeness (QED) is 0.802. The summed E-state index contributed by atoms with van der Waals surface area (Å²) in [6, 6.07) is 0.932. The fraction of sp³-hybridized carbons (Fsp3) is 0.222. The number of halogens is 4. The summed E-state index contributed by atoms with van der Waals surface area (Å²) in [5, 5.41) is 0.0210. The van der Waals surface area contributed by atoms with Gasteiger partial charge in [-0.05, 0) is 6.07 Å². The average Bonchev–Trinajstić information content (AvgIpc) is 2.15. The highest BCUT2D eigenvalue weighted by Gasteiger charge is 2.31. The lowest BCUT2D eigenvalue weighted by Crippen LogP contribution is -2.06. The van der Waals surface area contributed by atoms with Gasteiger partial charge in [-0.1, -0.05) is 23.8 Å². The molecule has 0 radical (unpaired) electrons. The van der Waals surface area contributed by atoms with Crippen molar-refractivity contribution in [3.63, 3.8) is 0 Å². The lowest BCUT2D eigenvalue weighted by atomic mass is 10.2. The van der Waals surface area contributed by atoms with Gasteiger partial charge in [-0.3, -0.25) is 0 Å². The third kappa shape index (κ3) is 3.21. The van der Waals surface area contributed by atoms with Crippen molar-refractivity contribution in [2.45, 2.75) is 6.18 Å². The van der Waals surface area contributed by atoms with Crippen molar-refractivity contribution in [2.75, 3.05) is 6.54 Å². The van der Waals surface area contributed by atoms with Gasteiger partial charge in [-0.15, -0.1) is 0 Å². The van der Waals surface area contributed by atoms with Crippen molar-refractivity contribution in [3.8, 4) is 0 Å². The monoisotopic (exact) mass is 236 g/mol. The molecule has 2 nitrogen and oxygen atoms in total. The Morgan fingerprint density at radius 1 is 1.47 bits per heavy atom. The maximum Gasteiger partial charge on any atom is 0.417 e. The van der Waals surface area contributed by atoms with Crippen LogP contribution in [0.25, 0.3) is 6.08 Å². The van der Waals surface area contributed by atoms with Crippen molar-refractivity contribution in [2.24, 2.45) is 5.73 Å². The number of alkyl halides is 3. The Morgan fingerprint density at radius 3 is 2.67 bits per heavy atom. The number of rotatable bonds is 2. The van der Waals surface area contributed by atoms with Crippen molar-refractivity contribution in [1.82, 2.24) is 4.98 Å². The zero-order valence-electron chi connectivity index (χ0n) is 7.55. The Bertz CT molecular complexity index is 374. The third-order valence-electron chi connectivity index (χ3n) is 1.63. The zero-order valence-corrected chi connectivity index (χ0v) is 8.31. The number of aromatic nitrogens is 1. The molecule has 0 aliphatic rings. The lowest BCUT2D eigenvalue weighted by Gasteiger charge is -2.07. The maximum atomic E-state index is 12.3. The molecule has 0 atom stereocenters. The molecule has 0 spiro atoms. The molecule has 0 aromatic carbocycles. The van der Waals surface area contributed by atoms with Crippen LogP contribution in [0.4, 0.5) is 13.2 Å². The van der Waals surface area contributed by atoms with Crippen LogP contribution in [0.5, 0.6) is 0 Å². The summed E-state index contributed by atoms with van der Waals surface area (Å²) in [7, 11) is 0. The first-order valence-corrected chi connectivity index (χ1v) is 4.42. The van der Waals surface area contributed by atoms with Gasteiger partial charge in [0.25, 0.3) is 0 Å². The van der Waals surface area contributed by atoms with Crippen molar-refractivity contribution in [1.29, 1.82) is 0 Å². The fourth-order valence-corrected chi connectivity index (χ4v) is 1.10. The minimum atomic E-state index is -4.41. The molecule has 1 heterocycles. The molecular weight excluding hydrogens is 229 g/mol. The molecule has 0 bridgehead atoms. The summed E-state index contributed by atoms with van der Waals surface area (Å²) < 4.78 is 36.9. The standard InChI is InChI=1S/C9H8ClF3N2/c10-8-6(2-1-3-14)4-7(5-15-8)9(11,12)13/h1-2,4-5H,3,14H2/b2-1+. The van der Waals surface area contributed by atoms with E-state index in [1.54, 1.807) is 0 Å². The highest BCUT2D eigenvalue weighted by Crippen LogP contribution is 2.30. The van der Waals surface area contributed by atoms with Gasteiger partial charge in [0, 0.05) is 18.3 Å². The third-order valence-corrected chi connectivity index (χ3v) is 1.94. The molecule has 1 rings (SSSR count). The minimum Gasteiger partial charge on any atom is -0.327 e. The Hall–Kier alpha value is -1.07. The van der Waals surface area contributed by atoms with E-state index < -0.39 is 11.7 Å². The molecule has 15 heavy (non-hydrogen) atoms. The highest BCUT2D eigenvalue weighted by atomic mass is 35.5. The van der Waals surface area contributed by atoms with E-state index in [9.17, 15) is 13.2 Å². The van der Waals surface area contributed by atoms with Crippen molar-refractivity contribution in [3.05, 3.63) is 34.6 Å². The molecular formula is C9H8ClF3N2. The van der Waals surface area contributed by atoms with Gasteiger partial charge in [0.2, 0.25) is 0 Å². The Balaban J connectivity index is 3.11. The molecule has 0 saturated carbocycles. The van der Waals surface area contributed by atoms with Gasteiger partial charge >= 0.3 is 6.18 Å². The minimum absolute atomic E-state index is 0.0210. The summed E-state index contributed by atoms with van der Waals surface area (Å²) in [6.45, 7) is 0.229. The number of pyridine rings is 1. The molecule has 82 valence electrons. The van der Waals surface area contributed by atoms with E-state index in [2.05, 4.69) is 4.98 Å². The van der Waals surface area contributed by atoms with Gasteiger partial charge in [-0.2, -0.15) is 13.2 Å².